The van der Waals surface area contributed by atoms with Crippen molar-refractivity contribution in [2.45, 2.75) is 83.9 Å². The molecule has 0 aromatic heterocycles. The number of amides is 1. The van der Waals surface area contributed by atoms with Gasteiger partial charge in [-0.05, 0) is 18.8 Å². The molecule has 0 aromatic carbocycles. The fraction of sp³-hybridized carbons (Fsp3) is 0.882. The number of carbonyl (C=O) groups is 2. The molecule has 1 fully saturated rings. The first-order chi connectivity index (χ1) is 11.0. The van der Waals surface area contributed by atoms with E-state index in [9.17, 15) is 22.8 Å². The highest BCUT2D eigenvalue weighted by atomic mass is 19.4. The maximum Gasteiger partial charge on any atom is 0.394 e. The van der Waals surface area contributed by atoms with Gasteiger partial charge in [-0.3, -0.25) is 9.59 Å². The van der Waals surface area contributed by atoms with Crippen molar-refractivity contribution in [1.29, 1.82) is 0 Å². The van der Waals surface area contributed by atoms with E-state index in [0.717, 1.165) is 39.5 Å². The van der Waals surface area contributed by atoms with Crippen molar-refractivity contribution >= 4 is 11.9 Å². The molecule has 1 saturated carbocycles. The smallest absolute Gasteiger partial charge is 0.394 e. The molecule has 1 unspecified atom stereocenters. The lowest BCUT2D eigenvalue weighted by molar-refractivity contribution is -0.213. The number of halogens is 3. The number of alkyl halides is 3. The molecule has 0 bridgehead atoms. The molecule has 0 saturated heterocycles. The summed E-state index contributed by atoms with van der Waals surface area (Å²) in [6.07, 6.45) is 1.19. The summed E-state index contributed by atoms with van der Waals surface area (Å²) >= 11 is 0. The van der Waals surface area contributed by atoms with Crippen LogP contribution >= 0.6 is 0 Å². The lowest BCUT2D eigenvalue weighted by atomic mass is 9.83. The number of hydrogen-bond donors (Lipinski definition) is 2. The van der Waals surface area contributed by atoms with Crippen LogP contribution in [0.5, 0.6) is 0 Å². The average molecular weight is 351 g/mol. The van der Waals surface area contributed by atoms with Crippen LogP contribution < -0.4 is 5.32 Å². The molecule has 1 atom stereocenters. The van der Waals surface area contributed by atoms with Crippen LogP contribution in [0.3, 0.4) is 0 Å². The largest absolute Gasteiger partial charge is 0.481 e. The maximum atomic E-state index is 12.9. The van der Waals surface area contributed by atoms with E-state index >= 15 is 0 Å². The molecule has 2 N–H and O–H groups in total. The minimum Gasteiger partial charge on any atom is -0.481 e. The van der Waals surface area contributed by atoms with Gasteiger partial charge in [0.15, 0.2) is 0 Å². The summed E-state index contributed by atoms with van der Waals surface area (Å²) in [6.45, 7) is 2.00. The number of carboxylic acids is 1. The predicted molar refractivity (Wildman–Crippen MR) is 84.4 cm³/mol. The van der Waals surface area contributed by atoms with Gasteiger partial charge in [0, 0.05) is 18.9 Å². The topological polar surface area (TPSA) is 66.4 Å². The average Bonchev–Trinajstić information content (AvgIpc) is 2.44. The van der Waals surface area contributed by atoms with Crippen LogP contribution in [0.1, 0.15) is 71.6 Å². The van der Waals surface area contributed by atoms with Crippen molar-refractivity contribution in [2.24, 2.45) is 11.3 Å². The molecule has 4 nitrogen and oxygen atoms in total. The summed E-state index contributed by atoms with van der Waals surface area (Å²) in [5.74, 6) is -1.22. The number of hydrogen-bond acceptors (Lipinski definition) is 2. The number of carboxylic acid groups (broad SMARTS) is 1. The quantitative estimate of drug-likeness (QED) is 0.686. The Morgan fingerprint density at radius 3 is 2.25 bits per heavy atom. The number of rotatable bonds is 8. The molecule has 1 rings (SSSR count). The van der Waals surface area contributed by atoms with Crippen LogP contribution in [-0.2, 0) is 9.59 Å². The van der Waals surface area contributed by atoms with Gasteiger partial charge in [-0.1, -0.05) is 46.0 Å². The molecule has 0 heterocycles. The van der Waals surface area contributed by atoms with Crippen molar-refractivity contribution in [3.8, 4) is 0 Å². The van der Waals surface area contributed by atoms with Gasteiger partial charge >= 0.3 is 12.1 Å². The van der Waals surface area contributed by atoms with Gasteiger partial charge in [0.25, 0.3) is 0 Å². The van der Waals surface area contributed by atoms with E-state index in [2.05, 4.69) is 5.32 Å². The SMILES string of the molecule is CC(C)(CC(=O)NC(CCC(=O)O)CC1CCCCC1)C(F)(F)F. The van der Waals surface area contributed by atoms with E-state index in [1.807, 2.05) is 0 Å². The second-order valence-electron chi connectivity index (χ2n) is 7.50. The van der Waals surface area contributed by atoms with E-state index in [0.29, 0.717) is 12.3 Å². The first kappa shape index (κ1) is 20.8. The molecule has 0 aliphatic heterocycles. The van der Waals surface area contributed by atoms with Crippen molar-refractivity contribution < 1.29 is 27.9 Å². The second kappa shape index (κ2) is 8.72. The number of carbonyl (C=O) groups excluding carboxylic acids is 1. The Morgan fingerprint density at radius 2 is 1.75 bits per heavy atom. The van der Waals surface area contributed by atoms with Gasteiger partial charge in [-0.25, -0.2) is 0 Å². The minimum absolute atomic E-state index is 0.0969. The standard InChI is InChI=1S/C17H28F3NO3/c1-16(2,17(18,19)20)11-14(22)21-13(8-9-15(23)24)10-12-6-4-3-5-7-12/h12-13H,3-11H2,1-2H3,(H,21,22)(H,23,24). The lowest BCUT2D eigenvalue weighted by Gasteiger charge is -2.30. The Balaban J connectivity index is 2.61. The van der Waals surface area contributed by atoms with Crippen LogP contribution in [0.15, 0.2) is 0 Å². The molecule has 0 spiro atoms. The van der Waals surface area contributed by atoms with E-state index in [-0.39, 0.29) is 18.9 Å². The Bertz CT molecular complexity index is 429. The Labute approximate surface area is 141 Å². The molecule has 1 aliphatic carbocycles. The highest BCUT2D eigenvalue weighted by Crippen LogP contribution is 2.40. The lowest BCUT2D eigenvalue weighted by Crippen LogP contribution is -2.42. The Morgan fingerprint density at radius 1 is 1.17 bits per heavy atom. The van der Waals surface area contributed by atoms with Crippen molar-refractivity contribution in [3.05, 3.63) is 0 Å². The zero-order chi connectivity index (χ0) is 18.4. The van der Waals surface area contributed by atoms with E-state index in [1.165, 1.54) is 6.42 Å². The molecular weight excluding hydrogens is 323 g/mol. The van der Waals surface area contributed by atoms with E-state index in [1.54, 1.807) is 0 Å². The van der Waals surface area contributed by atoms with Crippen LogP contribution in [-0.4, -0.2) is 29.2 Å². The van der Waals surface area contributed by atoms with Crippen LogP contribution in [0, 0.1) is 11.3 Å². The fourth-order valence-electron chi connectivity index (χ4n) is 3.15. The molecule has 24 heavy (non-hydrogen) atoms. The normalized spacial score (nSPS) is 18.2. The van der Waals surface area contributed by atoms with Gasteiger partial charge in [0.05, 0.1) is 5.41 Å². The van der Waals surface area contributed by atoms with Crippen LogP contribution in [0.25, 0.3) is 0 Å². The highest BCUT2D eigenvalue weighted by molar-refractivity contribution is 5.77. The van der Waals surface area contributed by atoms with Gasteiger partial charge in [-0.15, -0.1) is 0 Å². The fourth-order valence-corrected chi connectivity index (χ4v) is 3.15. The first-order valence-electron chi connectivity index (χ1n) is 8.59. The summed E-state index contributed by atoms with van der Waals surface area (Å²) in [5, 5.41) is 11.5. The third kappa shape index (κ3) is 7.09. The summed E-state index contributed by atoms with van der Waals surface area (Å²) in [4.78, 5) is 22.8. The van der Waals surface area contributed by atoms with Gasteiger partial charge in [-0.2, -0.15) is 13.2 Å². The number of aliphatic carboxylic acids is 1. The monoisotopic (exact) mass is 351 g/mol. The Hall–Kier alpha value is -1.27. The van der Waals surface area contributed by atoms with Gasteiger partial charge in [0.1, 0.15) is 0 Å². The van der Waals surface area contributed by atoms with Crippen molar-refractivity contribution in [2.75, 3.05) is 0 Å². The first-order valence-corrected chi connectivity index (χ1v) is 8.59. The summed E-state index contributed by atoms with van der Waals surface area (Å²) < 4.78 is 38.7. The van der Waals surface area contributed by atoms with E-state index in [4.69, 9.17) is 5.11 Å². The zero-order valence-electron chi connectivity index (χ0n) is 14.4. The van der Waals surface area contributed by atoms with Crippen LogP contribution in [0.2, 0.25) is 0 Å². The molecule has 0 aromatic rings. The highest BCUT2D eigenvalue weighted by Gasteiger charge is 2.48. The maximum absolute atomic E-state index is 12.9. The van der Waals surface area contributed by atoms with Gasteiger partial charge in [0.2, 0.25) is 5.91 Å². The molecule has 140 valence electrons. The van der Waals surface area contributed by atoms with Gasteiger partial charge < -0.3 is 10.4 Å². The minimum atomic E-state index is -4.45. The van der Waals surface area contributed by atoms with E-state index < -0.39 is 29.9 Å². The summed E-state index contributed by atoms with van der Waals surface area (Å²) in [5.41, 5.74) is -2.10. The van der Waals surface area contributed by atoms with Crippen molar-refractivity contribution in [1.82, 2.24) is 5.32 Å². The van der Waals surface area contributed by atoms with Crippen molar-refractivity contribution in [3.63, 3.8) is 0 Å². The summed E-state index contributed by atoms with van der Waals surface area (Å²) in [7, 11) is 0. The van der Waals surface area contributed by atoms with Crippen LogP contribution in [0.4, 0.5) is 13.2 Å². The summed E-state index contributed by atoms with van der Waals surface area (Å²) in [6, 6.07) is -0.374. The number of nitrogens with one attached hydrogen (secondary N) is 1. The third-order valence-electron chi connectivity index (χ3n) is 4.78. The second-order valence-corrected chi connectivity index (χ2v) is 7.50. The molecule has 0 radical (unpaired) electrons. The predicted octanol–water partition coefficient (Wildman–Crippen LogP) is 4.29. The third-order valence-corrected chi connectivity index (χ3v) is 4.78. The molecule has 7 heteroatoms. The molecule has 1 amide bonds. The molecule has 1 aliphatic rings. The molecular formula is C17H28F3NO3. The Kier molecular flexibility index (Phi) is 7.55. The zero-order valence-corrected chi connectivity index (χ0v) is 14.4.